The van der Waals surface area contributed by atoms with Gasteiger partial charge in [-0.05, 0) is 63.1 Å². The molecule has 19 heavy (non-hydrogen) atoms. The predicted molar refractivity (Wildman–Crippen MR) is 79.2 cm³/mol. The van der Waals surface area contributed by atoms with Gasteiger partial charge in [-0.15, -0.1) is 0 Å². The van der Waals surface area contributed by atoms with E-state index >= 15 is 0 Å². The molecule has 1 aromatic carbocycles. The second kappa shape index (κ2) is 5.41. The van der Waals surface area contributed by atoms with Crippen LogP contribution in [0.1, 0.15) is 45.6 Å². The molecule has 1 aliphatic rings. The van der Waals surface area contributed by atoms with E-state index in [4.69, 9.17) is 11.6 Å². The summed E-state index contributed by atoms with van der Waals surface area (Å²) in [7, 11) is 0. The summed E-state index contributed by atoms with van der Waals surface area (Å²) in [5, 5.41) is 4.04. The molecule has 1 fully saturated rings. The first-order valence-electron chi connectivity index (χ1n) is 6.99. The Morgan fingerprint density at radius 1 is 1.32 bits per heavy atom. The highest BCUT2D eigenvalue weighted by atomic mass is 35.5. The second-order valence-electron chi connectivity index (χ2n) is 6.87. The van der Waals surface area contributed by atoms with Gasteiger partial charge in [-0.2, -0.15) is 0 Å². The van der Waals surface area contributed by atoms with E-state index in [2.05, 4.69) is 26.1 Å². The number of rotatable bonds is 4. The van der Waals surface area contributed by atoms with Crippen molar-refractivity contribution in [2.75, 3.05) is 6.54 Å². The van der Waals surface area contributed by atoms with E-state index in [1.807, 2.05) is 6.07 Å². The molecule has 1 aromatic rings. The van der Waals surface area contributed by atoms with Gasteiger partial charge in [0.25, 0.3) is 0 Å². The molecule has 0 radical (unpaired) electrons. The maximum absolute atomic E-state index is 13.9. The molecule has 0 unspecified atom stereocenters. The lowest BCUT2D eigenvalue weighted by atomic mass is 9.65. The smallest absolute Gasteiger partial charge is 0.127 e. The zero-order valence-corrected chi connectivity index (χ0v) is 12.8. The van der Waals surface area contributed by atoms with Gasteiger partial charge in [0.1, 0.15) is 5.82 Å². The predicted octanol–water partition coefficient (Wildman–Crippen LogP) is 4.58. The van der Waals surface area contributed by atoms with Crippen molar-refractivity contribution in [1.29, 1.82) is 0 Å². The molecule has 1 N–H and O–H groups in total. The van der Waals surface area contributed by atoms with Crippen molar-refractivity contribution < 1.29 is 4.39 Å². The standard InChI is InChI=1S/C16H23ClFN/c1-15(2,3)19-11-16(7-4-8-16)10-12-5-6-13(17)9-14(12)18/h5-6,9,19H,4,7-8,10-11H2,1-3H3. The average molecular weight is 284 g/mol. The number of nitrogens with one attached hydrogen (secondary N) is 1. The molecule has 0 spiro atoms. The lowest BCUT2D eigenvalue weighted by Crippen LogP contribution is -2.48. The third kappa shape index (κ3) is 3.93. The Labute approximate surface area is 120 Å². The summed E-state index contributed by atoms with van der Waals surface area (Å²) < 4.78 is 13.9. The Morgan fingerprint density at radius 2 is 2.00 bits per heavy atom. The Balaban J connectivity index is 2.06. The normalized spacial score (nSPS) is 18.2. The van der Waals surface area contributed by atoms with Crippen LogP contribution >= 0.6 is 11.6 Å². The molecule has 1 aliphatic carbocycles. The summed E-state index contributed by atoms with van der Waals surface area (Å²) in [4.78, 5) is 0. The van der Waals surface area contributed by atoms with Crippen molar-refractivity contribution in [3.8, 4) is 0 Å². The molecule has 2 rings (SSSR count). The van der Waals surface area contributed by atoms with Crippen molar-refractivity contribution in [2.24, 2.45) is 5.41 Å². The summed E-state index contributed by atoms with van der Waals surface area (Å²) in [6.07, 6.45) is 4.41. The Morgan fingerprint density at radius 3 is 2.47 bits per heavy atom. The third-order valence-corrected chi connectivity index (χ3v) is 4.22. The lowest BCUT2D eigenvalue weighted by Gasteiger charge is -2.44. The fraction of sp³-hybridized carbons (Fsp3) is 0.625. The molecule has 106 valence electrons. The molecular weight excluding hydrogens is 261 g/mol. The Hall–Kier alpha value is -0.600. The molecule has 0 aromatic heterocycles. The van der Waals surface area contributed by atoms with Crippen LogP contribution in [-0.4, -0.2) is 12.1 Å². The first-order valence-corrected chi connectivity index (χ1v) is 7.37. The molecule has 1 nitrogen and oxygen atoms in total. The van der Waals surface area contributed by atoms with Crippen molar-refractivity contribution in [3.63, 3.8) is 0 Å². The van der Waals surface area contributed by atoms with Gasteiger partial charge < -0.3 is 5.32 Å². The van der Waals surface area contributed by atoms with E-state index < -0.39 is 0 Å². The van der Waals surface area contributed by atoms with Crippen LogP contribution < -0.4 is 5.32 Å². The van der Waals surface area contributed by atoms with Gasteiger partial charge >= 0.3 is 0 Å². The number of benzene rings is 1. The highest BCUT2D eigenvalue weighted by Gasteiger charge is 2.38. The van der Waals surface area contributed by atoms with E-state index in [9.17, 15) is 4.39 Å². The van der Waals surface area contributed by atoms with E-state index in [1.54, 1.807) is 6.07 Å². The van der Waals surface area contributed by atoms with Gasteiger partial charge in [0.15, 0.2) is 0 Å². The van der Waals surface area contributed by atoms with Crippen LogP contribution in [-0.2, 0) is 6.42 Å². The molecule has 3 heteroatoms. The van der Waals surface area contributed by atoms with E-state index in [0.717, 1.165) is 18.5 Å². The fourth-order valence-corrected chi connectivity index (χ4v) is 2.77. The molecule has 0 amide bonds. The van der Waals surface area contributed by atoms with E-state index in [-0.39, 0.29) is 16.8 Å². The quantitative estimate of drug-likeness (QED) is 0.853. The van der Waals surface area contributed by atoms with Crippen LogP contribution in [0.5, 0.6) is 0 Å². The SMILES string of the molecule is CC(C)(C)NCC1(Cc2ccc(Cl)cc2F)CCC1. The summed E-state index contributed by atoms with van der Waals surface area (Å²) in [5.41, 5.74) is 1.13. The summed E-state index contributed by atoms with van der Waals surface area (Å²) in [6, 6.07) is 5.03. The topological polar surface area (TPSA) is 12.0 Å². The Kier molecular flexibility index (Phi) is 4.22. The Bertz CT molecular complexity index is 447. The molecule has 1 saturated carbocycles. The first kappa shape index (κ1) is 14.8. The zero-order chi connectivity index (χ0) is 14.1. The summed E-state index contributed by atoms with van der Waals surface area (Å²) in [5.74, 6) is -0.172. The summed E-state index contributed by atoms with van der Waals surface area (Å²) in [6.45, 7) is 7.46. The third-order valence-electron chi connectivity index (χ3n) is 3.99. The number of hydrogen-bond donors (Lipinski definition) is 1. The fourth-order valence-electron chi connectivity index (χ4n) is 2.61. The highest BCUT2D eigenvalue weighted by Crippen LogP contribution is 2.44. The van der Waals surface area contributed by atoms with Gasteiger partial charge in [0.05, 0.1) is 0 Å². The molecule has 0 aliphatic heterocycles. The van der Waals surface area contributed by atoms with Crippen LogP contribution in [0, 0.1) is 11.2 Å². The molecule has 0 atom stereocenters. The maximum atomic E-state index is 13.9. The van der Waals surface area contributed by atoms with Crippen LogP contribution in [0.3, 0.4) is 0 Å². The molecule has 0 saturated heterocycles. The van der Waals surface area contributed by atoms with Crippen LogP contribution in [0.4, 0.5) is 4.39 Å². The van der Waals surface area contributed by atoms with Crippen molar-refractivity contribution in [2.45, 2.75) is 52.0 Å². The largest absolute Gasteiger partial charge is 0.312 e. The summed E-state index contributed by atoms with van der Waals surface area (Å²) >= 11 is 5.80. The van der Waals surface area contributed by atoms with E-state index in [1.165, 1.54) is 25.3 Å². The second-order valence-corrected chi connectivity index (χ2v) is 7.31. The van der Waals surface area contributed by atoms with Gasteiger partial charge in [0, 0.05) is 17.1 Å². The monoisotopic (exact) mass is 283 g/mol. The van der Waals surface area contributed by atoms with E-state index in [0.29, 0.717) is 5.02 Å². The van der Waals surface area contributed by atoms with Gasteiger partial charge in [0.2, 0.25) is 0 Å². The van der Waals surface area contributed by atoms with Crippen molar-refractivity contribution in [3.05, 3.63) is 34.6 Å². The van der Waals surface area contributed by atoms with Crippen molar-refractivity contribution >= 4 is 11.6 Å². The molecular formula is C16H23ClFN. The number of halogens is 2. The minimum atomic E-state index is -0.172. The van der Waals surface area contributed by atoms with Crippen LogP contribution in [0.15, 0.2) is 18.2 Å². The number of hydrogen-bond acceptors (Lipinski definition) is 1. The average Bonchev–Trinajstić information content (AvgIpc) is 2.23. The first-order chi connectivity index (χ1) is 8.80. The molecule has 0 bridgehead atoms. The zero-order valence-electron chi connectivity index (χ0n) is 12.0. The molecule has 0 heterocycles. The van der Waals surface area contributed by atoms with Crippen molar-refractivity contribution in [1.82, 2.24) is 5.32 Å². The van der Waals surface area contributed by atoms with Crippen LogP contribution in [0.2, 0.25) is 5.02 Å². The van der Waals surface area contributed by atoms with Crippen LogP contribution in [0.25, 0.3) is 0 Å². The highest BCUT2D eigenvalue weighted by molar-refractivity contribution is 6.30. The minimum absolute atomic E-state index is 0.112. The van der Waals surface area contributed by atoms with Gasteiger partial charge in [-0.3, -0.25) is 0 Å². The lowest BCUT2D eigenvalue weighted by molar-refractivity contribution is 0.117. The van der Waals surface area contributed by atoms with Gasteiger partial charge in [-0.25, -0.2) is 4.39 Å². The minimum Gasteiger partial charge on any atom is -0.312 e. The van der Waals surface area contributed by atoms with Gasteiger partial charge in [-0.1, -0.05) is 24.1 Å². The maximum Gasteiger partial charge on any atom is 0.127 e.